The van der Waals surface area contributed by atoms with E-state index in [1.165, 1.54) is 36.0 Å². The Kier molecular flexibility index (Phi) is 28.1. The van der Waals surface area contributed by atoms with Crippen LogP contribution in [0.2, 0.25) is 0 Å². The van der Waals surface area contributed by atoms with Gasteiger partial charge in [-0.2, -0.15) is 15.2 Å². The molecule has 0 aromatic heterocycles. The summed E-state index contributed by atoms with van der Waals surface area (Å²) in [7, 11) is 2.76. The normalized spacial score (nSPS) is 14.6. The maximum absolute atomic E-state index is 13.0. The second kappa shape index (κ2) is 32.0. The molecule has 5 aromatic carbocycles. The first-order valence-corrected chi connectivity index (χ1v) is 27.8. The number of methoxy groups -OCH3 is 2. The summed E-state index contributed by atoms with van der Waals surface area (Å²) in [6, 6.07) is 52.0. The van der Waals surface area contributed by atoms with Crippen molar-refractivity contribution in [1.29, 1.82) is 0 Å². The predicted octanol–water partition coefficient (Wildman–Crippen LogP) is 17.3. The molecular weight excluding hydrogens is 971 g/mol. The summed E-state index contributed by atoms with van der Waals surface area (Å²) in [4.78, 5) is 36.4. The number of rotatable bonds is 19. The molecule has 6 unspecified atom stereocenters. The largest absolute Gasteiger partial charge is 0.467 e. The molecule has 10 nitrogen and oxygen atoms in total. The van der Waals surface area contributed by atoms with Gasteiger partial charge in [-0.1, -0.05) is 207 Å². The van der Waals surface area contributed by atoms with Crippen molar-refractivity contribution in [2.24, 2.45) is 17.8 Å². The third-order valence-corrected chi connectivity index (χ3v) is 13.2. The first-order valence-electron chi connectivity index (χ1n) is 27.8. The topological polar surface area (TPSA) is 101 Å². The van der Waals surface area contributed by atoms with Gasteiger partial charge in [0.1, 0.15) is 6.10 Å². The molecule has 0 heterocycles. The van der Waals surface area contributed by atoms with Gasteiger partial charge in [0.15, 0.2) is 5.60 Å². The van der Waals surface area contributed by atoms with E-state index in [1.807, 2.05) is 93.4 Å². The monoisotopic (exact) mass is 1070 g/mol. The molecule has 0 amide bonds. The van der Waals surface area contributed by atoms with E-state index in [4.69, 9.17) is 14.4 Å². The summed E-state index contributed by atoms with van der Waals surface area (Å²) in [6.45, 7) is 43.2. The third-order valence-electron chi connectivity index (χ3n) is 13.2. The van der Waals surface area contributed by atoms with Crippen molar-refractivity contribution in [3.05, 3.63) is 192 Å². The molecule has 0 radical (unpaired) electrons. The van der Waals surface area contributed by atoms with Crippen LogP contribution >= 0.6 is 0 Å². The summed E-state index contributed by atoms with van der Waals surface area (Å²) in [5, 5.41) is 16.0. The molecule has 1 N–H and O–H groups in total. The van der Waals surface area contributed by atoms with Crippen LogP contribution in [-0.4, -0.2) is 68.8 Å². The van der Waals surface area contributed by atoms with Crippen LogP contribution in [0.5, 0.6) is 0 Å². The lowest BCUT2D eigenvalue weighted by Crippen LogP contribution is -2.54. The van der Waals surface area contributed by atoms with E-state index in [9.17, 15) is 14.8 Å². The highest BCUT2D eigenvalue weighted by Crippen LogP contribution is 2.40. The summed E-state index contributed by atoms with van der Waals surface area (Å²) in [5.41, 5.74) is 4.61. The molecule has 78 heavy (non-hydrogen) atoms. The fourth-order valence-electron chi connectivity index (χ4n) is 9.21. The van der Waals surface area contributed by atoms with Crippen molar-refractivity contribution in [3.63, 3.8) is 0 Å². The highest BCUT2D eigenvalue weighted by Gasteiger charge is 2.45. The minimum atomic E-state index is -1.13. The fraction of sp³-hybridized carbons (Fsp3) is 0.500. The fourth-order valence-corrected chi connectivity index (χ4v) is 9.21. The second-order valence-corrected chi connectivity index (χ2v) is 24.6. The molecule has 0 spiro atoms. The second-order valence-electron chi connectivity index (χ2n) is 24.6. The van der Waals surface area contributed by atoms with Crippen molar-refractivity contribution in [2.45, 2.75) is 190 Å². The Labute approximate surface area is 473 Å². The standard InChI is InChI=1S/C27H39NO3.C22H31NO.C14H23NO.C5H8O2/c1-20(2)24(23-17-13-10-14-18-23)28(26(4,5)6)31-27(7,25(29)30-8)19-21(3)22-15-11-9-12-16-22;1-17(2)21(20-15-11-8-12-16-20)23(22(4,5)6)24-18(3)19-13-9-7-10-14-19;1-11(2)13(15(16)14(3,4)5)12-9-7-6-8-10-12;1-4(2)5(6)7-3/h9-18,20-21,24H,19H2,1-8H3;7-18,21H,1-6H3;6-11,13,16H,1-5H3;1H2,2-3H3. The number of benzene rings is 5. The first kappa shape index (κ1) is 68.6. The highest BCUT2D eigenvalue weighted by atomic mass is 16.7. The van der Waals surface area contributed by atoms with Crippen LogP contribution in [0.3, 0.4) is 0 Å². The van der Waals surface area contributed by atoms with E-state index in [1.54, 1.807) is 6.92 Å². The van der Waals surface area contributed by atoms with Crippen molar-refractivity contribution in [1.82, 2.24) is 15.2 Å². The van der Waals surface area contributed by atoms with Crippen LogP contribution < -0.4 is 0 Å². The Hall–Kier alpha value is -5.46. The average molecular weight is 1070 g/mol. The summed E-state index contributed by atoms with van der Waals surface area (Å²) < 4.78 is 9.49. The molecule has 5 aromatic rings. The van der Waals surface area contributed by atoms with Crippen LogP contribution in [0, 0.1) is 17.8 Å². The SMILES string of the molecule is C=C(C)C(=O)OC.CC(C)C(c1ccccc1)N(O)C(C)(C)C.CC(ON(C(c1ccccc1)C(C)C)C(C)(C)C)c1ccccc1.COC(=O)C(C)(CC(C)c1ccccc1)ON(C(c1ccccc1)C(C)C)C(C)(C)C. The number of hydrogen-bond acceptors (Lipinski definition) is 10. The summed E-state index contributed by atoms with van der Waals surface area (Å²) >= 11 is 0. The number of esters is 2. The number of carbonyl (C=O) groups is 2. The lowest BCUT2D eigenvalue weighted by molar-refractivity contribution is -0.304. The lowest BCUT2D eigenvalue weighted by atomic mass is 9.88. The molecule has 0 aliphatic carbocycles. The van der Waals surface area contributed by atoms with Gasteiger partial charge in [0.2, 0.25) is 0 Å². The molecule has 430 valence electrons. The number of nitrogens with zero attached hydrogens (tertiary/aromatic N) is 3. The Bertz CT molecular complexity index is 2450. The van der Waals surface area contributed by atoms with Gasteiger partial charge >= 0.3 is 11.9 Å². The van der Waals surface area contributed by atoms with Crippen LogP contribution in [-0.2, 0) is 28.7 Å². The maximum atomic E-state index is 13.0. The Morgan fingerprint density at radius 3 is 1.08 bits per heavy atom. The van der Waals surface area contributed by atoms with Gasteiger partial charge in [0, 0.05) is 22.2 Å². The smallest absolute Gasteiger partial charge is 0.340 e. The Balaban J connectivity index is 0.000000391. The van der Waals surface area contributed by atoms with E-state index in [2.05, 4.69) is 204 Å². The minimum absolute atomic E-state index is 0.00962. The average Bonchev–Trinajstić information content (AvgIpc) is 3.41. The molecule has 5 rings (SSSR count). The van der Waals surface area contributed by atoms with Gasteiger partial charge in [-0.25, -0.2) is 9.59 Å². The van der Waals surface area contributed by atoms with E-state index < -0.39 is 5.60 Å². The molecule has 10 heteroatoms. The van der Waals surface area contributed by atoms with E-state index >= 15 is 0 Å². The van der Waals surface area contributed by atoms with Crippen molar-refractivity contribution >= 4 is 11.9 Å². The van der Waals surface area contributed by atoms with E-state index in [-0.39, 0.29) is 64.6 Å². The molecule has 0 fully saturated rings. The van der Waals surface area contributed by atoms with Gasteiger partial charge in [0.25, 0.3) is 0 Å². The van der Waals surface area contributed by atoms with Crippen LogP contribution in [0.25, 0.3) is 0 Å². The zero-order valence-corrected chi connectivity index (χ0v) is 51.7. The van der Waals surface area contributed by atoms with Gasteiger partial charge in [-0.05, 0) is 141 Å². The predicted molar refractivity (Wildman–Crippen MR) is 322 cm³/mol. The first-order chi connectivity index (χ1) is 36.3. The molecule has 6 atom stereocenters. The molecule has 0 saturated heterocycles. The van der Waals surface area contributed by atoms with Crippen LogP contribution in [0.15, 0.2) is 164 Å². The van der Waals surface area contributed by atoms with E-state index in [0.29, 0.717) is 23.8 Å². The zero-order valence-electron chi connectivity index (χ0n) is 51.7. The zero-order chi connectivity index (χ0) is 59.2. The molecule has 0 aliphatic heterocycles. The van der Waals surface area contributed by atoms with Crippen molar-refractivity contribution < 1.29 is 33.9 Å². The quantitative estimate of drug-likeness (QED) is 0.0489. The number of ether oxygens (including phenoxy) is 2. The lowest BCUT2D eigenvalue weighted by Gasteiger charge is -2.46. The van der Waals surface area contributed by atoms with Gasteiger partial charge in [-0.3, -0.25) is 9.68 Å². The summed E-state index contributed by atoms with van der Waals surface area (Å²) in [5.74, 6) is 0.498. The van der Waals surface area contributed by atoms with Crippen molar-refractivity contribution in [2.75, 3.05) is 14.2 Å². The number of hydroxylamine groups is 6. The Morgan fingerprint density at radius 1 is 0.474 bits per heavy atom. The minimum Gasteiger partial charge on any atom is -0.467 e. The molecule has 0 bridgehead atoms. The van der Waals surface area contributed by atoms with E-state index in [0.717, 1.165) is 11.1 Å². The third kappa shape index (κ3) is 22.0. The number of carbonyl (C=O) groups excluding carboxylic acids is 2. The molecule has 0 aliphatic rings. The van der Waals surface area contributed by atoms with Crippen molar-refractivity contribution in [3.8, 4) is 0 Å². The van der Waals surface area contributed by atoms with Gasteiger partial charge < -0.3 is 14.7 Å². The van der Waals surface area contributed by atoms with Crippen LogP contribution in [0.4, 0.5) is 0 Å². The Morgan fingerprint density at radius 2 is 0.795 bits per heavy atom. The van der Waals surface area contributed by atoms with Crippen LogP contribution in [0.1, 0.15) is 196 Å². The maximum Gasteiger partial charge on any atom is 0.340 e. The summed E-state index contributed by atoms with van der Waals surface area (Å²) in [6.07, 6.45) is 0.519. The molecule has 0 saturated carbocycles. The highest BCUT2D eigenvalue weighted by molar-refractivity contribution is 5.86. The van der Waals surface area contributed by atoms with Gasteiger partial charge in [-0.15, -0.1) is 0 Å². The molecular formula is C68H101N3O7. The number of hydrogen-bond donors (Lipinski definition) is 1. The van der Waals surface area contributed by atoms with Gasteiger partial charge in [0.05, 0.1) is 32.3 Å².